The molecular formula is C22H18N2O2. The largest absolute Gasteiger partial charge is 0.351 e. The van der Waals surface area contributed by atoms with Gasteiger partial charge in [0.15, 0.2) is 5.78 Å². The molecule has 0 saturated heterocycles. The van der Waals surface area contributed by atoms with E-state index in [1.54, 1.807) is 20.8 Å². The molecule has 128 valence electrons. The number of anilines is 1. The third-order valence-corrected chi connectivity index (χ3v) is 5.02. The third-order valence-electron chi connectivity index (χ3n) is 5.02. The highest BCUT2D eigenvalue weighted by Crippen LogP contribution is 2.34. The molecule has 4 nitrogen and oxygen atoms in total. The zero-order valence-corrected chi connectivity index (χ0v) is 14.9. The van der Waals surface area contributed by atoms with Gasteiger partial charge in [-0.1, -0.05) is 36.4 Å². The number of allylic oxidation sites excluding steroid dienone is 3. The van der Waals surface area contributed by atoms with Gasteiger partial charge in [0.2, 0.25) is 5.78 Å². The smallest absolute Gasteiger partial charge is 0.205 e. The van der Waals surface area contributed by atoms with Gasteiger partial charge in [-0.25, -0.2) is 4.98 Å². The molecule has 1 aliphatic rings. The number of hydrogen-bond donors (Lipinski definition) is 1. The SMILES string of the molecule is CC1=C(C)C(=O)C(Nc2c3ccccc3nc3ccccc23)=C(C)C1=O. The van der Waals surface area contributed by atoms with E-state index in [-0.39, 0.29) is 11.6 Å². The zero-order valence-electron chi connectivity index (χ0n) is 14.9. The molecule has 4 heteroatoms. The van der Waals surface area contributed by atoms with Crippen molar-refractivity contribution < 1.29 is 9.59 Å². The maximum atomic E-state index is 12.8. The van der Waals surface area contributed by atoms with Crippen molar-refractivity contribution >= 4 is 39.1 Å². The van der Waals surface area contributed by atoms with Crippen molar-refractivity contribution in [3.63, 3.8) is 0 Å². The topological polar surface area (TPSA) is 59.1 Å². The van der Waals surface area contributed by atoms with Gasteiger partial charge in [-0.3, -0.25) is 9.59 Å². The molecule has 0 radical (unpaired) electrons. The van der Waals surface area contributed by atoms with E-state index in [0.29, 0.717) is 22.4 Å². The fourth-order valence-corrected chi connectivity index (χ4v) is 3.34. The molecule has 1 aromatic heterocycles. The van der Waals surface area contributed by atoms with Crippen molar-refractivity contribution in [2.75, 3.05) is 5.32 Å². The van der Waals surface area contributed by atoms with E-state index in [4.69, 9.17) is 4.98 Å². The van der Waals surface area contributed by atoms with Gasteiger partial charge in [-0.15, -0.1) is 0 Å². The van der Waals surface area contributed by atoms with Gasteiger partial charge in [0, 0.05) is 27.5 Å². The molecule has 1 aliphatic carbocycles. The highest BCUT2D eigenvalue weighted by atomic mass is 16.1. The number of carbonyl (C=O) groups is 2. The number of carbonyl (C=O) groups excluding carboxylic acids is 2. The molecule has 0 saturated carbocycles. The summed E-state index contributed by atoms with van der Waals surface area (Å²) in [4.78, 5) is 30.0. The Hall–Kier alpha value is -3.27. The summed E-state index contributed by atoms with van der Waals surface area (Å²) in [5.41, 5.74) is 4.28. The van der Waals surface area contributed by atoms with Crippen LogP contribution in [0.15, 0.2) is 70.9 Å². The van der Waals surface area contributed by atoms with Crippen LogP contribution in [0.25, 0.3) is 21.8 Å². The summed E-state index contributed by atoms with van der Waals surface area (Å²) in [7, 11) is 0. The predicted octanol–water partition coefficient (Wildman–Crippen LogP) is 4.56. The Bertz CT molecular complexity index is 1120. The van der Waals surface area contributed by atoms with Crippen LogP contribution in [0.5, 0.6) is 0 Å². The van der Waals surface area contributed by atoms with E-state index < -0.39 is 0 Å². The van der Waals surface area contributed by atoms with Crippen LogP contribution in [-0.4, -0.2) is 16.6 Å². The summed E-state index contributed by atoms with van der Waals surface area (Å²) in [6.07, 6.45) is 0. The summed E-state index contributed by atoms with van der Waals surface area (Å²) in [5, 5.41) is 5.11. The summed E-state index contributed by atoms with van der Waals surface area (Å²) < 4.78 is 0. The van der Waals surface area contributed by atoms with Crippen LogP contribution in [0.1, 0.15) is 20.8 Å². The van der Waals surface area contributed by atoms with Gasteiger partial charge in [-0.2, -0.15) is 0 Å². The third kappa shape index (κ3) is 2.34. The van der Waals surface area contributed by atoms with E-state index in [2.05, 4.69) is 5.32 Å². The average molecular weight is 342 g/mol. The molecule has 3 aromatic rings. The summed E-state index contributed by atoms with van der Waals surface area (Å²) in [5.74, 6) is -0.225. The average Bonchev–Trinajstić information content (AvgIpc) is 2.67. The predicted molar refractivity (Wildman–Crippen MR) is 104 cm³/mol. The second kappa shape index (κ2) is 5.92. The number of hydrogen-bond acceptors (Lipinski definition) is 4. The van der Waals surface area contributed by atoms with Crippen molar-refractivity contribution in [1.82, 2.24) is 4.98 Å². The fourth-order valence-electron chi connectivity index (χ4n) is 3.34. The van der Waals surface area contributed by atoms with Crippen LogP contribution >= 0.6 is 0 Å². The molecule has 0 spiro atoms. The number of para-hydroxylation sites is 2. The molecule has 1 heterocycles. The molecule has 0 atom stereocenters. The summed E-state index contributed by atoms with van der Waals surface area (Å²) in [6.45, 7) is 5.10. The fraction of sp³-hybridized carbons (Fsp3) is 0.136. The van der Waals surface area contributed by atoms with E-state index >= 15 is 0 Å². The monoisotopic (exact) mass is 342 g/mol. The first-order chi connectivity index (χ1) is 12.5. The van der Waals surface area contributed by atoms with Crippen molar-refractivity contribution in [3.05, 3.63) is 70.9 Å². The number of nitrogens with zero attached hydrogens (tertiary/aromatic N) is 1. The Balaban J connectivity index is 1.97. The normalized spacial score (nSPS) is 15.3. The van der Waals surface area contributed by atoms with Crippen molar-refractivity contribution in [2.45, 2.75) is 20.8 Å². The minimum Gasteiger partial charge on any atom is -0.351 e. The Labute approximate surface area is 151 Å². The molecule has 1 N–H and O–H groups in total. The van der Waals surface area contributed by atoms with E-state index in [1.807, 2.05) is 48.5 Å². The highest BCUT2D eigenvalue weighted by molar-refractivity contribution is 6.26. The van der Waals surface area contributed by atoms with Crippen molar-refractivity contribution in [2.24, 2.45) is 0 Å². The summed E-state index contributed by atoms with van der Waals surface area (Å²) >= 11 is 0. The number of ketones is 2. The first-order valence-corrected chi connectivity index (χ1v) is 8.51. The van der Waals surface area contributed by atoms with Gasteiger partial charge in [0.1, 0.15) is 0 Å². The van der Waals surface area contributed by atoms with Crippen LogP contribution in [0.3, 0.4) is 0 Å². The second-order valence-corrected chi connectivity index (χ2v) is 6.55. The van der Waals surface area contributed by atoms with Crippen LogP contribution < -0.4 is 5.32 Å². The Morgan fingerprint density at radius 2 is 1.19 bits per heavy atom. The number of fused-ring (bicyclic) bond motifs is 2. The number of benzene rings is 2. The number of nitrogens with one attached hydrogen (secondary N) is 1. The number of Topliss-reactive ketones (excluding diaryl/α,β-unsaturated/α-hetero) is 2. The molecular weight excluding hydrogens is 324 g/mol. The molecule has 0 bridgehead atoms. The van der Waals surface area contributed by atoms with Gasteiger partial charge in [-0.05, 0) is 32.9 Å². The first kappa shape index (κ1) is 16.2. The lowest BCUT2D eigenvalue weighted by molar-refractivity contribution is -0.116. The second-order valence-electron chi connectivity index (χ2n) is 6.55. The van der Waals surface area contributed by atoms with Gasteiger partial charge >= 0.3 is 0 Å². The van der Waals surface area contributed by atoms with E-state index in [0.717, 1.165) is 27.5 Å². The number of aromatic nitrogens is 1. The molecule has 26 heavy (non-hydrogen) atoms. The van der Waals surface area contributed by atoms with E-state index in [1.165, 1.54) is 0 Å². The zero-order chi connectivity index (χ0) is 18.4. The first-order valence-electron chi connectivity index (χ1n) is 8.51. The number of rotatable bonds is 2. The Kier molecular flexibility index (Phi) is 3.69. The molecule has 0 fully saturated rings. The lowest BCUT2D eigenvalue weighted by atomic mass is 9.89. The highest BCUT2D eigenvalue weighted by Gasteiger charge is 2.28. The Morgan fingerprint density at radius 1 is 0.692 bits per heavy atom. The van der Waals surface area contributed by atoms with Crippen LogP contribution in [0.2, 0.25) is 0 Å². The van der Waals surface area contributed by atoms with Gasteiger partial charge in [0.05, 0.1) is 22.4 Å². The molecule has 0 amide bonds. The van der Waals surface area contributed by atoms with Gasteiger partial charge in [0.25, 0.3) is 0 Å². The number of pyridine rings is 1. The van der Waals surface area contributed by atoms with Crippen LogP contribution in [0, 0.1) is 0 Å². The maximum Gasteiger partial charge on any atom is 0.205 e. The molecule has 2 aromatic carbocycles. The van der Waals surface area contributed by atoms with Crippen LogP contribution in [0.4, 0.5) is 5.69 Å². The Morgan fingerprint density at radius 3 is 1.77 bits per heavy atom. The minimum absolute atomic E-state index is 0.0905. The lowest BCUT2D eigenvalue weighted by Crippen LogP contribution is -2.25. The van der Waals surface area contributed by atoms with Crippen molar-refractivity contribution in [3.8, 4) is 0 Å². The van der Waals surface area contributed by atoms with Crippen molar-refractivity contribution in [1.29, 1.82) is 0 Å². The standard InChI is InChI=1S/C22H18N2O2/c1-12-13(2)22(26)19(14(3)21(12)25)24-20-15-8-4-6-10-17(15)23-18-11-7-5-9-16(18)20/h4-11H,1-3H3,(H,23,24). The van der Waals surface area contributed by atoms with Crippen LogP contribution in [-0.2, 0) is 9.59 Å². The maximum absolute atomic E-state index is 12.8. The lowest BCUT2D eigenvalue weighted by Gasteiger charge is -2.21. The molecule has 0 aliphatic heterocycles. The van der Waals surface area contributed by atoms with Gasteiger partial charge < -0.3 is 5.32 Å². The summed E-state index contributed by atoms with van der Waals surface area (Å²) in [6, 6.07) is 15.6. The molecule has 4 rings (SSSR count). The molecule has 0 unspecified atom stereocenters. The van der Waals surface area contributed by atoms with E-state index in [9.17, 15) is 9.59 Å². The quantitative estimate of drug-likeness (QED) is 0.548. The minimum atomic E-state index is -0.135.